The van der Waals surface area contributed by atoms with Gasteiger partial charge in [0, 0.05) is 25.6 Å². The van der Waals surface area contributed by atoms with Crippen molar-refractivity contribution >= 4 is 18.2 Å². The topological polar surface area (TPSA) is 96.4 Å². The van der Waals surface area contributed by atoms with Crippen LogP contribution < -0.4 is 0 Å². The van der Waals surface area contributed by atoms with Crippen LogP contribution in [0.2, 0.25) is 0 Å². The summed E-state index contributed by atoms with van der Waals surface area (Å²) in [6, 6.07) is 15.5. The summed E-state index contributed by atoms with van der Waals surface area (Å²) in [6.45, 7) is 6.23. The van der Waals surface area contributed by atoms with Crippen LogP contribution in [0.5, 0.6) is 0 Å². The second-order valence-corrected chi connectivity index (χ2v) is 10.0. The molecule has 4 rings (SSSR count). The summed E-state index contributed by atoms with van der Waals surface area (Å²) >= 11 is 0. The SMILES string of the molecule is CC(C)(C)OC(=O)N1CCCN(C(=O)OCC2c3ccccc3-c3ccccc32)C(CC(=O)O)C1. The van der Waals surface area contributed by atoms with Crippen LogP contribution in [-0.4, -0.2) is 70.9 Å². The van der Waals surface area contributed by atoms with Gasteiger partial charge in [-0.05, 0) is 49.4 Å². The minimum absolute atomic E-state index is 0.0748. The van der Waals surface area contributed by atoms with E-state index in [4.69, 9.17) is 9.47 Å². The molecule has 8 nitrogen and oxygen atoms in total. The van der Waals surface area contributed by atoms with Gasteiger partial charge in [-0.2, -0.15) is 0 Å². The second kappa shape index (κ2) is 9.98. The van der Waals surface area contributed by atoms with Crippen molar-refractivity contribution in [1.29, 1.82) is 0 Å². The van der Waals surface area contributed by atoms with Gasteiger partial charge in [-0.3, -0.25) is 4.79 Å². The number of carboxylic acids is 1. The van der Waals surface area contributed by atoms with Gasteiger partial charge in [0.25, 0.3) is 0 Å². The molecule has 2 aliphatic rings. The van der Waals surface area contributed by atoms with Gasteiger partial charge >= 0.3 is 18.2 Å². The second-order valence-electron chi connectivity index (χ2n) is 10.0. The first-order valence-electron chi connectivity index (χ1n) is 12.0. The van der Waals surface area contributed by atoms with E-state index in [1.165, 1.54) is 9.80 Å². The fraction of sp³-hybridized carbons (Fsp3) is 0.444. The zero-order valence-electron chi connectivity index (χ0n) is 20.4. The minimum atomic E-state index is -1.04. The molecule has 0 saturated carbocycles. The van der Waals surface area contributed by atoms with E-state index in [2.05, 4.69) is 12.1 Å². The predicted octanol–water partition coefficient (Wildman–Crippen LogP) is 4.72. The van der Waals surface area contributed by atoms with Crippen LogP contribution in [0.3, 0.4) is 0 Å². The van der Waals surface area contributed by atoms with Gasteiger partial charge in [-0.15, -0.1) is 0 Å². The fourth-order valence-corrected chi connectivity index (χ4v) is 4.84. The molecule has 0 radical (unpaired) electrons. The molecule has 0 bridgehead atoms. The molecule has 1 saturated heterocycles. The van der Waals surface area contributed by atoms with Gasteiger partial charge in [-0.1, -0.05) is 48.5 Å². The number of rotatable bonds is 4. The van der Waals surface area contributed by atoms with E-state index in [0.29, 0.717) is 19.5 Å². The maximum Gasteiger partial charge on any atom is 0.410 e. The van der Waals surface area contributed by atoms with Crippen molar-refractivity contribution in [3.63, 3.8) is 0 Å². The van der Waals surface area contributed by atoms with Crippen molar-refractivity contribution in [3.05, 3.63) is 59.7 Å². The number of carboxylic acid groups (broad SMARTS) is 1. The number of nitrogens with zero attached hydrogens (tertiary/aromatic N) is 2. The maximum atomic E-state index is 13.2. The lowest BCUT2D eigenvalue weighted by Gasteiger charge is -2.31. The number of hydrogen-bond donors (Lipinski definition) is 1. The first-order valence-corrected chi connectivity index (χ1v) is 12.0. The average molecular weight is 481 g/mol. The molecule has 0 spiro atoms. The molecule has 2 aromatic rings. The molecular formula is C27H32N2O6. The van der Waals surface area contributed by atoms with Crippen LogP contribution in [-0.2, 0) is 14.3 Å². The molecule has 2 amide bonds. The van der Waals surface area contributed by atoms with Gasteiger partial charge in [0.2, 0.25) is 0 Å². The number of benzene rings is 2. The zero-order valence-corrected chi connectivity index (χ0v) is 20.4. The van der Waals surface area contributed by atoms with Crippen LogP contribution >= 0.6 is 0 Å². The lowest BCUT2D eigenvalue weighted by Crippen LogP contribution is -2.47. The summed E-state index contributed by atoms with van der Waals surface area (Å²) in [5.41, 5.74) is 3.82. The van der Waals surface area contributed by atoms with Crippen LogP contribution in [0.1, 0.15) is 50.7 Å². The summed E-state index contributed by atoms with van der Waals surface area (Å²) in [5, 5.41) is 9.48. The van der Waals surface area contributed by atoms with Crippen LogP contribution in [0, 0.1) is 0 Å². The number of fused-ring (bicyclic) bond motifs is 3. The maximum absolute atomic E-state index is 13.2. The monoisotopic (exact) mass is 480 g/mol. The van der Waals surface area contributed by atoms with Gasteiger partial charge in [0.1, 0.15) is 12.2 Å². The van der Waals surface area contributed by atoms with E-state index in [-0.39, 0.29) is 25.5 Å². The lowest BCUT2D eigenvalue weighted by atomic mass is 9.98. The molecule has 186 valence electrons. The number of amides is 2. The Morgan fingerprint density at radius 2 is 1.54 bits per heavy atom. The first kappa shape index (κ1) is 24.6. The Morgan fingerprint density at radius 3 is 2.11 bits per heavy atom. The summed E-state index contributed by atoms with van der Waals surface area (Å²) in [7, 11) is 0. The van der Waals surface area contributed by atoms with Crippen molar-refractivity contribution in [3.8, 4) is 11.1 Å². The third-order valence-electron chi connectivity index (χ3n) is 6.33. The van der Waals surface area contributed by atoms with Crippen LogP contribution in [0.4, 0.5) is 9.59 Å². The molecule has 1 atom stereocenters. The number of carbonyl (C=O) groups excluding carboxylic acids is 2. The van der Waals surface area contributed by atoms with Gasteiger partial charge in [0.05, 0.1) is 12.5 Å². The molecule has 1 fully saturated rings. The Hall–Kier alpha value is -3.55. The highest BCUT2D eigenvalue weighted by Crippen LogP contribution is 2.44. The van der Waals surface area contributed by atoms with Gasteiger partial charge in [-0.25, -0.2) is 9.59 Å². The summed E-state index contributed by atoms with van der Waals surface area (Å²) in [4.78, 5) is 40.3. The fourth-order valence-electron chi connectivity index (χ4n) is 4.84. The lowest BCUT2D eigenvalue weighted by molar-refractivity contribution is -0.138. The molecule has 35 heavy (non-hydrogen) atoms. The van der Waals surface area contributed by atoms with E-state index >= 15 is 0 Å². The molecular weight excluding hydrogens is 448 g/mol. The smallest absolute Gasteiger partial charge is 0.410 e. The predicted molar refractivity (Wildman–Crippen MR) is 130 cm³/mol. The minimum Gasteiger partial charge on any atom is -0.481 e. The van der Waals surface area contributed by atoms with E-state index < -0.39 is 29.8 Å². The number of ether oxygens (including phenoxy) is 2. The summed E-state index contributed by atoms with van der Waals surface area (Å²) in [5.74, 6) is -1.13. The first-order chi connectivity index (χ1) is 16.6. The molecule has 8 heteroatoms. The van der Waals surface area contributed by atoms with E-state index in [1.807, 2.05) is 36.4 Å². The van der Waals surface area contributed by atoms with Gasteiger partial charge < -0.3 is 24.4 Å². The van der Waals surface area contributed by atoms with Crippen LogP contribution in [0.15, 0.2) is 48.5 Å². The summed E-state index contributed by atoms with van der Waals surface area (Å²) in [6.07, 6.45) is -0.866. The molecule has 1 aliphatic heterocycles. The third-order valence-corrected chi connectivity index (χ3v) is 6.33. The Balaban J connectivity index is 1.48. The van der Waals surface area contributed by atoms with E-state index in [9.17, 15) is 19.5 Å². The summed E-state index contributed by atoms with van der Waals surface area (Å²) < 4.78 is 11.3. The normalized spacial score (nSPS) is 17.9. The van der Waals surface area contributed by atoms with Crippen molar-refractivity contribution in [2.75, 3.05) is 26.2 Å². The Kier molecular flexibility index (Phi) is 7.00. The number of carbonyl (C=O) groups is 3. The molecule has 2 aromatic carbocycles. The standard InChI is InChI=1S/C27H32N2O6/c1-27(2,3)35-25(32)28-13-8-14-29(18(16-28)15-24(30)31)26(33)34-17-23-21-11-6-4-9-19(21)20-10-5-7-12-22(20)23/h4-7,9-12,18,23H,8,13-17H2,1-3H3,(H,30,31). The highest BCUT2D eigenvalue weighted by atomic mass is 16.6. The number of hydrogen-bond acceptors (Lipinski definition) is 5. The van der Waals surface area contributed by atoms with Crippen LogP contribution in [0.25, 0.3) is 11.1 Å². The quantitative estimate of drug-likeness (QED) is 0.680. The largest absolute Gasteiger partial charge is 0.481 e. The number of aliphatic carboxylic acids is 1. The highest BCUT2D eigenvalue weighted by Gasteiger charge is 2.35. The average Bonchev–Trinajstić information content (AvgIpc) is 2.95. The molecule has 1 unspecified atom stereocenters. The third kappa shape index (κ3) is 5.58. The zero-order chi connectivity index (χ0) is 25.2. The van der Waals surface area contributed by atoms with E-state index in [1.54, 1.807) is 20.8 Å². The Morgan fingerprint density at radius 1 is 0.943 bits per heavy atom. The van der Waals surface area contributed by atoms with E-state index in [0.717, 1.165) is 22.3 Å². The highest BCUT2D eigenvalue weighted by molar-refractivity contribution is 5.79. The molecule has 1 N–H and O–H groups in total. The van der Waals surface area contributed by atoms with Crippen molar-refractivity contribution in [2.24, 2.45) is 0 Å². The molecule has 1 heterocycles. The Labute approximate surface area is 205 Å². The Bertz CT molecular complexity index is 1060. The van der Waals surface area contributed by atoms with Crippen molar-refractivity contribution < 1.29 is 29.0 Å². The molecule has 1 aliphatic carbocycles. The molecule has 0 aromatic heterocycles. The van der Waals surface area contributed by atoms with Crippen molar-refractivity contribution in [1.82, 2.24) is 9.80 Å². The van der Waals surface area contributed by atoms with Gasteiger partial charge in [0.15, 0.2) is 0 Å². The van der Waals surface area contributed by atoms with Crippen molar-refractivity contribution in [2.45, 2.75) is 51.2 Å².